The summed E-state index contributed by atoms with van der Waals surface area (Å²) in [5, 5.41) is 3.98. The van der Waals surface area contributed by atoms with Crippen molar-refractivity contribution in [2.24, 2.45) is 0 Å². The summed E-state index contributed by atoms with van der Waals surface area (Å²) in [7, 11) is 1.82. The fourth-order valence-electron chi connectivity index (χ4n) is 1.84. The lowest BCUT2D eigenvalue weighted by Crippen LogP contribution is -2.08. The van der Waals surface area contributed by atoms with Crippen molar-refractivity contribution in [1.82, 2.24) is 5.32 Å². The summed E-state index contributed by atoms with van der Waals surface area (Å²) in [4.78, 5) is 0. The Morgan fingerprint density at radius 2 is 1.70 bits per heavy atom. The third kappa shape index (κ3) is 3.42. The molecule has 0 fully saturated rings. The lowest BCUT2D eigenvalue weighted by Gasteiger charge is -2.13. The molecule has 0 amide bonds. The monoisotopic (exact) mass is 313 g/mol. The molecule has 2 nitrogen and oxygen atoms in total. The quantitative estimate of drug-likeness (QED) is 0.881. The molecule has 0 aliphatic heterocycles. The topological polar surface area (TPSA) is 21.3 Å². The first kappa shape index (κ1) is 15.1. The van der Waals surface area contributed by atoms with Crippen molar-refractivity contribution in [3.63, 3.8) is 0 Å². The first-order valence-corrected chi connectivity index (χ1v) is 6.86. The standard InChI is InChI=1S/C15H14Cl2FNO/c1-19-8-10-12(16)5-3-7-15(10)20-9-11-13(17)4-2-6-14(11)18/h2-7,19H,8-9H2,1H3. The molecule has 5 heteroatoms. The normalized spacial score (nSPS) is 10.6. The van der Waals surface area contributed by atoms with Crippen LogP contribution in [0.4, 0.5) is 4.39 Å². The largest absolute Gasteiger partial charge is 0.488 e. The summed E-state index contributed by atoms with van der Waals surface area (Å²) < 4.78 is 19.3. The van der Waals surface area contributed by atoms with E-state index in [1.807, 2.05) is 7.05 Å². The third-order valence-electron chi connectivity index (χ3n) is 2.86. The molecule has 0 saturated heterocycles. The summed E-state index contributed by atoms with van der Waals surface area (Å²) >= 11 is 12.1. The second-order valence-electron chi connectivity index (χ2n) is 4.24. The van der Waals surface area contributed by atoms with E-state index in [0.717, 1.165) is 5.56 Å². The maximum absolute atomic E-state index is 13.7. The number of benzene rings is 2. The summed E-state index contributed by atoms with van der Waals surface area (Å²) in [6.45, 7) is 0.628. The van der Waals surface area contributed by atoms with Crippen molar-refractivity contribution in [2.75, 3.05) is 7.05 Å². The Hall–Kier alpha value is -1.29. The van der Waals surface area contributed by atoms with Gasteiger partial charge >= 0.3 is 0 Å². The first-order valence-electron chi connectivity index (χ1n) is 6.11. The van der Waals surface area contributed by atoms with Crippen LogP contribution in [0.5, 0.6) is 5.75 Å². The second-order valence-corrected chi connectivity index (χ2v) is 5.05. The fourth-order valence-corrected chi connectivity index (χ4v) is 2.29. The van der Waals surface area contributed by atoms with Crippen LogP contribution in [0.1, 0.15) is 11.1 Å². The van der Waals surface area contributed by atoms with Crippen LogP contribution >= 0.6 is 23.2 Å². The van der Waals surface area contributed by atoms with E-state index in [2.05, 4.69) is 5.32 Å². The van der Waals surface area contributed by atoms with E-state index >= 15 is 0 Å². The predicted octanol–water partition coefficient (Wildman–Crippen LogP) is 4.43. The van der Waals surface area contributed by atoms with Crippen LogP contribution in [-0.4, -0.2) is 7.05 Å². The summed E-state index contributed by atoms with van der Waals surface area (Å²) in [6, 6.07) is 9.93. The molecule has 0 radical (unpaired) electrons. The minimum Gasteiger partial charge on any atom is -0.488 e. The number of hydrogen-bond acceptors (Lipinski definition) is 2. The van der Waals surface area contributed by atoms with Crippen molar-refractivity contribution in [1.29, 1.82) is 0 Å². The average Bonchev–Trinajstić information content (AvgIpc) is 2.42. The summed E-state index contributed by atoms with van der Waals surface area (Å²) in [6.07, 6.45) is 0. The zero-order valence-corrected chi connectivity index (χ0v) is 12.4. The molecule has 106 valence electrons. The van der Waals surface area contributed by atoms with Gasteiger partial charge < -0.3 is 10.1 Å². The van der Waals surface area contributed by atoms with Gasteiger partial charge in [-0.15, -0.1) is 0 Å². The second kappa shape index (κ2) is 6.93. The van der Waals surface area contributed by atoms with Crippen LogP contribution in [-0.2, 0) is 13.2 Å². The Morgan fingerprint density at radius 3 is 2.35 bits per heavy atom. The van der Waals surface area contributed by atoms with Gasteiger partial charge in [-0.05, 0) is 31.3 Å². The van der Waals surface area contributed by atoms with Crippen LogP contribution in [0.2, 0.25) is 10.0 Å². The highest BCUT2D eigenvalue weighted by Gasteiger charge is 2.11. The Balaban J connectivity index is 2.21. The third-order valence-corrected chi connectivity index (χ3v) is 3.57. The molecule has 2 aromatic carbocycles. The van der Waals surface area contributed by atoms with Gasteiger partial charge in [0.1, 0.15) is 18.2 Å². The molecule has 0 bridgehead atoms. The van der Waals surface area contributed by atoms with E-state index in [0.29, 0.717) is 27.9 Å². The Bertz CT molecular complexity index is 584. The van der Waals surface area contributed by atoms with Gasteiger partial charge in [-0.2, -0.15) is 0 Å². The van der Waals surface area contributed by atoms with Gasteiger partial charge in [0, 0.05) is 22.7 Å². The minimum absolute atomic E-state index is 0.0581. The van der Waals surface area contributed by atoms with E-state index < -0.39 is 0 Å². The number of halogens is 3. The highest BCUT2D eigenvalue weighted by Crippen LogP contribution is 2.28. The van der Waals surface area contributed by atoms with Gasteiger partial charge in [0.15, 0.2) is 0 Å². The minimum atomic E-state index is -0.380. The zero-order valence-electron chi connectivity index (χ0n) is 10.9. The molecule has 0 spiro atoms. The molecule has 2 aromatic rings. The Labute approximate surface area is 127 Å². The molecule has 0 aromatic heterocycles. The molecule has 0 heterocycles. The molecule has 0 aliphatic rings. The van der Waals surface area contributed by atoms with E-state index in [-0.39, 0.29) is 12.4 Å². The zero-order chi connectivity index (χ0) is 14.5. The maximum atomic E-state index is 13.7. The average molecular weight is 314 g/mol. The van der Waals surface area contributed by atoms with Gasteiger partial charge in [0.05, 0.1) is 5.02 Å². The van der Waals surface area contributed by atoms with E-state index in [1.54, 1.807) is 30.3 Å². The molecule has 0 saturated carbocycles. The lowest BCUT2D eigenvalue weighted by atomic mass is 10.2. The molecule has 0 atom stereocenters. The summed E-state index contributed by atoms with van der Waals surface area (Å²) in [5.41, 5.74) is 1.17. The van der Waals surface area contributed by atoms with Crippen molar-refractivity contribution in [3.8, 4) is 5.75 Å². The Kier molecular flexibility index (Phi) is 5.24. The number of nitrogens with one attached hydrogen (secondary N) is 1. The van der Waals surface area contributed by atoms with Gasteiger partial charge in [-0.1, -0.05) is 35.3 Å². The molecule has 0 unspecified atom stereocenters. The molecule has 20 heavy (non-hydrogen) atoms. The Morgan fingerprint density at radius 1 is 1.05 bits per heavy atom. The maximum Gasteiger partial charge on any atom is 0.131 e. The number of ether oxygens (including phenoxy) is 1. The highest BCUT2D eigenvalue weighted by molar-refractivity contribution is 6.31. The molecule has 0 aliphatic carbocycles. The van der Waals surface area contributed by atoms with Crippen molar-refractivity contribution < 1.29 is 9.13 Å². The molecule has 2 rings (SSSR count). The number of rotatable bonds is 5. The SMILES string of the molecule is CNCc1c(Cl)cccc1OCc1c(F)cccc1Cl. The first-order chi connectivity index (χ1) is 9.63. The molecular weight excluding hydrogens is 300 g/mol. The van der Waals surface area contributed by atoms with Gasteiger partial charge in [-0.25, -0.2) is 4.39 Å². The van der Waals surface area contributed by atoms with Crippen molar-refractivity contribution >= 4 is 23.2 Å². The predicted molar refractivity (Wildman–Crippen MR) is 80.0 cm³/mol. The summed E-state index contributed by atoms with van der Waals surface area (Å²) in [5.74, 6) is 0.237. The fraction of sp³-hybridized carbons (Fsp3) is 0.200. The van der Waals surface area contributed by atoms with Crippen LogP contribution in [0, 0.1) is 5.82 Å². The van der Waals surface area contributed by atoms with Crippen LogP contribution < -0.4 is 10.1 Å². The lowest BCUT2D eigenvalue weighted by molar-refractivity contribution is 0.296. The van der Waals surface area contributed by atoms with Crippen LogP contribution in [0.15, 0.2) is 36.4 Å². The van der Waals surface area contributed by atoms with Gasteiger partial charge in [0.2, 0.25) is 0 Å². The van der Waals surface area contributed by atoms with Crippen molar-refractivity contribution in [2.45, 2.75) is 13.2 Å². The molecule has 1 N–H and O–H groups in total. The van der Waals surface area contributed by atoms with E-state index in [9.17, 15) is 4.39 Å². The van der Waals surface area contributed by atoms with Crippen molar-refractivity contribution in [3.05, 3.63) is 63.4 Å². The molecular formula is C15H14Cl2FNO. The highest BCUT2D eigenvalue weighted by atomic mass is 35.5. The van der Waals surface area contributed by atoms with Crippen LogP contribution in [0.25, 0.3) is 0 Å². The van der Waals surface area contributed by atoms with Gasteiger partial charge in [-0.3, -0.25) is 0 Å². The van der Waals surface area contributed by atoms with Gasteiger partial charge in [0.25, 0.3) is 0 Å². The smallest absolute Gasteiger partial charge is 0.131 e. The number of hydrogen-bond donors (Lipinski definition) is 1. The van der Waals surface area contributed by atoms with E-state index in [4.69, 9.17) is 27.9 Å². The van der Waals surface area contributed by atoms with E-state index in [1.165, 1.54) is 6.07 Å². The van der Waals surface area contributed by atoms with Crippen LogP contribution in [0.3, 0.4) is 0 Å².